The minimum atomic E-state index is -4.63. The second-order valence-electron chi connectivity index (χ2n) is 7.14. The van der Waals surface area contributed by atoms with E-state index in [-0.39, 0.29) is 31.3 Å². The molecule has 2 aromatic rings. The molecule has 1 heterocycles. The largest absolute Gasteiger partial charge is 0.522 e. The molecule has 1 amide bonds. The lowest BCUT2D eigenvalue weighted by Crippen LogP contribution is -2.34. The number of halogens is 3. The van der Waals surface area contributed by atoms with E-state index in [1.807, 2.05) is 19.1 Å². The zero-order valence-electron chi connectivity index (χ0n) is 16.4. The third kappa shape index (κ3) is 6.58. The topological polar surface area (TPSA) is 86.5 Å². The maximum atomic E-state index is 12.2. The van der Waals surface area contributed by atoms with Crippen LogP contribution in [0.4, 0.5) is 13.2 Å². The molecule has 1 aliphatic carbocycles. The summed E-state index contributed by atoms with van der Waals surface area (Å²) in [5, 5.41) is 10.4. The van der Waals surface area contributed by atoms with Crippen LogP contribution in [0.25, 0.3) is 0 Å². The summed E-state index contributed by atoms with van der Waals surface area (Å²) in [6, 6.07) is 7.34. The fourth-order valence-electron chi connectivity index (χ4n) is 2.92. The zero-order valence-corrected chi connectivity index (χ0v) is 16.4. The number of rotatable bonds is 9. The van der Waals surface area contributed by atoms with Crippen LogP contribution in [-0.4, -0.2) is 35.2 Å². The average molecular weight is 425 g/mol. The Kier molecular flexibility index (Phi) is 6.76. The number of ether oxygens (including phenoxy) is 2. The number of aryl methyl sites for hydroxylation is 2. The Bertz CT molecular complexity index is 874. The van der Waals surface area contributed by atoms with Crippen molar-refractivity contribution in [3.63, 3.8) is 0 Å². The summed E-state index contributed by atoms with van der Waals surface area (Å²) in [5.41, 5.74) is 1.56. The first-order valence-corrected chi connectivity index (χ1v) is 9.42. The summed E-state index contributed by atoms with van der Waals surface area (Å²) in [6.45, 7) is 5.60. The molecule has 1 aromatic heterocycles. The van der Waals surface area contributed by atoms with E-state index in [0.29, 0.717) is 36.1 Å². The van der Waals surface area contributed by atoms with Crippen molar-refractivity contribution in [3.8, 4) is 5.75 Å². The van der Waals surface area contributed by atoms with Crippen molar-refractivity contribution < 1.29 is 31.9 Å². The van der Waals surface area contributed by atoms with Gasteiger partial charge in [0.25, 0.3) is 5.91 Å². The van der Waals surface area contributed by atoms with Gasteiger partial charge < -0.3 is 14.5 Å². The number of carbonyl (C=O) groups is 1. The van der Waals surface area contributed by atoms with Gasteiger partial charge in [-0.15, -0.1) is 23.4 Å². The maximum Gasteiger partial charge on any atom is 0.522 e. The molecular formula is C20H22F3N3O4. The van der Waals surface area contributed by atoms with E-state index in [1.165, 1.54) is 0 Å². The van der Waals surface area contributed by atoms with Crippen molar-refractivity contribution in [2.24, 2.45) is 0 Å². The predicted molar refractivity (Wildman–Crippen MR) is 99.5 cm³/mol. The molecule has 0 unspecified atom stereocenters. The molecule has 10 heteroatoms. The predicted octanol–water partition coefficient (Wildman–Crippen LogP) is 3.80. The number of alkyl halides is 3. The molecule has 1 aromatic carbocycles. The molecule has 0 radical (unpaired) electrons. The van der Waals surface area contributed by atoms with E-state index >= 15 is 0 Å². The number of allylic oxidation sites excluding steroid dienone is 1. The molecule has 1 saturated carbocycles. The van der Waals surface area contributed by atoms with Crippen molar-refractivity contribution in [2.45, 2.75) is 51.0 Å². The molecule has 0 atom stereocenters. The van der Waals surface area contributed by atoms with Gasteiger partial charge in [-0.05, 0) is 38.3 Å². The molecule has 0 aliphatic heterocycles. The fourth-order valence-corrected chi connectivity index (χ4v) is 2.92. The number of aromatic nitrogens is 2. The van der Waals surface area contributed by atoms with Gasteiger partial charge in [0.2, 0.25) is 11.8 Å². The van der Waals surface area contributed by atoms with Crippen molar-refractivity contribution >= 4 is 5.91 Å². The van der Waals surface area contributed by atoms with Crippen LogP contribution in [0.1, 0.15) is 42.5 Å². The van der Waals surface area contributed by atoms with E-state index in [2.05, 4.69) is 26.8 Å². The van der Waals surface area contributed by atoms with Gasteiger partial charge >= 0.3 is 6.36 Å². The molecule has 0 saturated heterocycles. The van der Waals surface area contributed by atoms with Gasteiger partial charge in [-0.25, -0.2) is 0 Å². The average Bonchev–Trinajstić information content (AvgIpc) is 3.10. The first kappa shape index (κ1) is 21.8. The van der Waals surface area contributed by atoms with Crippen molar-refractivity contribution in [1.29, 1.82) is 0 Å². The number of hydrogen-bond donors (Lipinski definition) is 1. The van der Waals surface area contributed by atoms with Gasteiger partial charge in [0.1, 0.15) is 5.75 Å². The first-order chi connectivity index (χ1) is 14.2. The van der Waals surface area contributed by atoms with Crippen molar-refractivity contribution in [2.75, 3.05) is 6.61 Å². The van der Waals surface area contributed by atoms with Gasteiger partial charge in [-0.3, -0.25) is 9.53 Å². The zero-order chi connectivity index (χ0) is 21.7. The molecule has 162 valence electrons. The molecule has 30 heavy (non-hydrogen) atoms. The van der Waals surface area contributed by atoms with Crippen molar-refractivity contribution in [3.05, 3.63) is 53.9 Å². The highest BCUT2D eigenvalue weighted by molar-refractivity contribution is 5.79. The summed E-state index contributed by atoms with van der Waals surface area (Å²) in [4.78, 5) is 11.9. The molecule has 1 N–H and O–H groups in total. The van der Waals surface area contributed by atoms with Crippen LogP contribution < -0.4 is 10.1 Å². The monoisotopic (exact) mass is 425 g/mol. The summed E-state index contributed by atoms with van der Waals surface area (Å²) in [5.74, 6) is 0.653. The maximum absolute atomic E-state index is 12.2. The van der Waals surface area contributed by atoms with Crippen molar-refractivity contribution in [1.82, 2.24) is 15.5 Å². The molecule has 1 aliphatic rings. The summed E-state index contributed by atoms with van der Waals surface area (Å²) >= 11 is 0. The second kappa shape index (κ2) is 9.29. The number of carbonyl (C=O) groups excluding carboxylic acids is 1. The van der Waals surface area contributed by atoms with Crippen LogP contribution in [0.5, 0.6) is 5.75 Å². The summed E-state index contributed by atoms with van der Waals surface area (Å²) in [6.07, 6.45) is -4.41. The lowest BCUT2D eigenvalue weighted by Gasteiger charge is -2.32. The van der Waals surface area contributed by atoms with E-state index in [9.17, 15) is 18.0 Å². The second-order valence-corrected chi connectivity index (χ2v) is 7.14. The highest BCUT2D eigenvalue weighted by Crippen LogP contribution is 2.40. The first-order valence-electron chi connectivity index (χ1n) is 9.42. The Labute approximate surface area is 171 Å². The quantitative estimate of drug-likeness (QED) is 0.658. The summed E-state index contributed by atoms with van der Waals surface area (Å²) < 4.78 is 51.3. The molecule has 0 spiro atoms. The Morgan fingerprint density at radius 3 is 2.63 bits per heavy atom. The molecule has 3 rings (SSSR count). The molecular weight excluding hydrogens is 403 g/mol. The highest BCUT2D eigenvalue weighted by Gasteiger charge is 2.42. The third-order valence-corrected chi connectivity index (χ3v) is 4.57. The SMILES string of the molecule is C=C(CCc1nnc(C2CC(OC(F)(F)F)C2)o1)NC(=O)COc1ccc(C)cc1. The lowest BCUT2D eigenvalue weighted by molar-refractivity contribution is -0.352. The minimum Gasteiger partial charge on any atom is -0.484 e. The van der Waals surface area contributed by atoms with Crippen LogP contribution in [0, 0.1) is 6.92 Å². The van der Waals surface area contributed by atoms with Crippen LogP contribution in [0.15, 0.2) is 41.0 Å². The van der Waals surface area contributed by atoms with Gasteiger partial charge in [-0.2, -0.15) is 0 Å². The van der Waals surface area contributed by atoms with E-state index in [4.69, 9.17) is 9.15 Å². The lowest BCUT2D eigenvalue weighted by atomic mass is 9.82. The number of nitrogens with one attached hydrogen (secondary N) is 1. The Morgan fingerprint density at radius 2 is 1.97 bits per heavy atom. The Morgan fingerprint density at radius 1 is 1.27 bits per heavy atom. The summed E-state index contributed by atoms with van der Waals surface area (Å²) in [7, 11) is 0. The van der Waals surface area contributed by atoms with Gasteiger partial charge in [-0.1, -0.05) is 24.3 Å². The highest BCUT2D eigenvalue weighted by atomic mass is 19.4. The van der Waals surface area contributed by atoms with E-state index < -0.39 is 12.5 Å². The van der Waals surface area contributed by atoms with E-state index in [0.717, 1.165) is 5.56 Å². The molecule has 7 nitrogen and oxygen atoms in total. The van der Waals surface area contributed by atoms with Crippen LogP contribution >= 0.6 is 0 Å². The fraction of sp³-hybridized carbons (Fsp3) is 0.450. The van der Waals surface area contributed by atoms with E-state index in [1.54, 1.807) is 12.1 Å². The van der Waals surface area contributed by atoms with Gasteiger partial charge in [0.15, 0.2) is 6.61 Å². The van der Waals surface area contributed by atoms with Gasteiger partial charge in [0.05, 0.1) is 6.10 Å². The minimum absolute atomic E-state index is 0.143. The Hall–Kier alpha value is -2.88. The number of benzene rings is 1. The third-order valence-electron chi connectivity index (χ3n) is 4.57. The number of amides is 1. The number of hydrogen-bond acceptors (Lipinski definition) is 6. The smallest absolute Gasteiger partial charge is 0.484 e. The normalized spacial score (nSPS) is 18.5. The molecule has 1 fully saturated rings. The van der Waals surface area contributed by atoms with Crippen LogP contribution in [0.2, 0.25) is 0 Å². The molecule has 0 bridgehead atoms. The Balaban J connectivity index is 1.35. The number of nitrogens with zero attached hydrogens (tertiary/aromatic N) is 2. The van der Waals surface area contributed by atoms with Crippen LogP contribution in [0.3, 0.4) is 0 Å². The van der Waals surface area contributed by atoms with Gasteiger partial charge in [0, 0.05) is 18.0 Å². The standard InChI is InChI=1S/C20H22F3N3O4/c1-12-3-6-15(7-4-12)28-11-17(27)24-13(2)5-8-18-25-26-19(29-18)14-9-16(10-14)30-20(21,22)23/h3-4,6-7,14,16H,2,5,8-11H2,1H3,(H,24,27). The van der Waals surface area contributed by atoms with Crippen LogP contribution in [-0.2, 0) is 16.0 Å².